The fraction of sp³-hybridized carbons (Fsp3) is 0.364. The maximum absolute atomic E-state index is 13.0. The minimum atomic E-state index is -0.233. The molecule has 0 saturated carbocycles. The Morgan fingerprint density at radius 2 is 1.86 bits per heavy atom. The highest BCUT2D eigenvalue weighted by Crippen LogP contribution is 2.33. The molecule has 6 heteroatoms. The Labute approximate surface area is 170 Å². The number of carbonyl (C=O) groups excluding carboxylic acids is 2. The highest BCUT2D eigenvalue weighted by Gasteiger charge is 2.26. The van der Waals surface area contributed by atoms with Crippen LogP contribution in [0.1, 0.15) is 35.7 Å². The number of ether oxygens (including phenoxy) is 1. The molecule has 0 unspecified atom stereocenters. The Morgan fingerprint density at radius 3 is 2.46 bits per heavy atom. The molecule has 1 N–H and O–H groups in total. The molecule has 0 spiro atoms. The van der Waals surface area contributed by atoms with E-state index < -0.39 is 0 Å². The third-order valence-electron chi connectivity index (χ3n) is 5.10. The van der Waals surface area contributed by atoms with E-state index in [4.69, 9.17) is 16.3 Å². The molecule has 28 heavy (non-hydrogen) atoms. The number of likely N-dealkylation sites (tertiary alicyclic amines) is 1. The fourth-order valence-corrected chi connectivity index (χ4v) is 3.84. The third-order valence-corrected chi connectivity index (χ3v) is 5.41. The summed E-state index contributed by atoms with van der Waals surface area (Å²) in [5.74, 6) is 0.665. The Kier molecular flexibility index (Phi) is 6.57. The van der Waals surface area contributed by atoms with Crippen molar-refractivity contribution < 1.29 is 14.3 Å². The van der Waals surface area contributed by atoms with Gasteiger partial charge in [-0.2, -0.15) is 0 Å². The highest BCUT2D eigenvalue weighted by atomic mass is 35.5. The summed E-state index contributed by atoms with van der Waals surface area (Å²) >= 11 is 6.26. The molecule has 0 aliphatic carbocycles. The van der Waals surface area contributed by atoms with Crippen LogP contribution in [0.5, 0.6) is 5.75 Å². The number of nitrogens with one attached hydrogen (secondary N) is 1. The number of anilines is 1. The second kappa shape index (κ2) is 9.11. The SMILES string of the molecule is COc1cc(NC(C)=O)c(Cl)cc1C(=O)N1CCC(Cc2ccccc2)CC1. The molecule has 148 valence electrons. The molecular formula is C22H25ClN2O3. The predicted octanol–water partition coefficient (Wildman–Crippen LogP) is 4.40. The van der Waals surface area contributed by atoms with Crippen LogP contribution in [0.4, 0.5) is 5.69 Å². The van der Waals surface area contributed by atoms with E-state index in [1.165, 1.54) is 19.6 Å². The second-order valence-electron chi connectivity index (χ2n) is 7.14. The average molecular weight is 401 g/mol. The van der Waals surface area contributed by atoms with Gasteiger partial charge in [0.05, 0.1) is 23.4 Å². The quantitative estimate of drug-likeness (QED) is 0.809. The molecule has 0 aromatic heterocycles. The van der Waals surface area contributed by atoms with Crippen molar-refractivity contribution >= 4 is 29.1 Å². The van der Waals surface area contributed by atoms with E-state index >= 15 is 0 Å². The lowest BCUT2D eigenvalue weighted by atomic mass is 9.90. The van der Waals surface area contributed by atoms with Gasteiger partial charge >= 0.3 is 0 Å². The van der Waals surface area contributed by atoms with Crippen LogP contribution in [0.25, 0.3) is 0 Å². The molecule has 1 aliphatic heterocycles. The third kappa shape index (κ3) is 4.84. The van der Waals surface area contributed by atoms with Crippen LogP contribution >= 0.6 is 11.6 Å². The first kappa shape index (κ1) is 20.2. The Hall–Kier alpha value is -2.53. The van der Waals surface area contributed by atoms with E-state index in [1.807, 2.05) is 11.0 Å². The summed E-state index contributed by atoms with van der Waals surface area (Å²) < 4.78 is 5.38. The van der Waals surface area contributed by atoms with E-state index in [9.17, 15) is 9.59 Å². The van der Waals surface area contributed by atoms with Crippen LogP contribution in [0.3, 0.4) is 0 Å². The Morgan fingerprint density at radius 1 is 1.18 bits per heavy atom. The van der Waals surface area contributed by atoms with Gasteiger partial charge in [0.15, 0.2) is 0 Å². The normalized spacial score (nSPS) is 14.6. The summed E-state index contributed by atoms with van der Waals surface area (Å²) in [5.41, 5.74) is 2.20. The van der Waals surface area contributed by atoms with Gasteiger partial charge in [-0.15, -0.1) is 0 Å². The van der Waals surface area contributed by atoms with Gasteiger partial charge in [-0.05, 0) is 36.8 Å². The second-order valence-corrected chi connectivity index (χ2v) is 7.55. The largest absolute Gasteiger partial charge is 0.496 e. The zero-order chi connectivity index (χ0) is 20.1. The van der Waals surface area contributed by atoms with Gasteiger partial charge in [0.1, 0.15) is 5.75 Å². The molecule has 5 nitrogen and oxygen atoms in total. The van der Waals surface area contributed by atoms with Gasteiger partial charge in [-0.25, -0.2) is 0 Å². The topological polar surface area (TPSA) is 58.6 Å². The summed E-state index contributed by atoms with van der Waals surface area (Å²) in [5, 5.41) is 2.96. The van der Waals surface area contributed by atoms with Crippen molar-refractivity contribution in [2.75, 3.05) is 25.5 Å². The summed E-state index contributed by atoms with van der Waals surface area (Å²) in [7, 11) is 1.50. The number of benzene rings is 2. The zero-order valence-electron chi connectivity index (χ0n) is 16.2. The number of amides is 2. The van der Waals surface area contributed by atoms with E-state index in [-0.39, 0.29) is 11.8 Å². The van der Waals surface area contributed by atoms with Crippen LogP contribution in [0.15, 0.2) is 42.5 Å². The van der Waals surface area contributed by atoms with Crippen molar-refractivity contribution in [2.45, 2.75) is 26.2 Å². The summed E-state index contributed by atoms with van der Waals surface area (Å²) in [6, 6.07) is 13.6. The first-order valence-corrected chi connectivity index (χ1v) is 9.84. The van der Waals surface area contributed by atoms with E-state index in [1.54, 1.807) is 12.1 Å². The fourth-order valence-electron chi connectivity index (χ4n) is 3.63. The molecule has 1 heterocycles. The number of hydrogen-bond donors (Lipinski definition) is 1. The van der Waals surface area contributed by atoms with Crippen molar-refractivity contribution in [3.63, 3.8) is 0 Å². The van der Waals surface area contributed by atoms with Crippen LogP contribution in [0, 0.1) is 5.92 Å². The van der Waals surface area contributed by atoms with E-state index in [2.05, 4.69) is 29.6 Å². The summed E-state index contributed by atoms with van der Waals surface area (Å²) in [4.78, 5) is 26.2. The molecule has 1 aliphatic rings. The number of piperidine rings is 1. The van der Waals surface area contributed by atoms with Crippen molar-refractivity contribution in [3.05, 3.63) is 58.6 Å². The van der Waals surface area contributed by atoms with Gasteiger partial charge in [0.25, 0.3) is 5.91 Å². The molecule has 0 radical (unpaired) electrons. The van der Waals surface area contributed by atoms with Crippen molar-refractivity contribution in [2.24, 2.45) is 5.92 Å². The standard InChI is InChI=1S/C22H25ClN2O3/c1-15(26)24-20-14-21(28-2)18(13-19(20)23)22(27)25-10-8-17(9-11-25)12-16-6-4-3-5-7-16/h3-7,13-14,17H,8-12H2,1-2H3,(H,24,26). The van der Waals surface area contributed by atoms with E-state index in [0.29, 0.717) is 41.0 Å². The van der Waals surface area contributed by atoms with Gasteiger partial charge in [-0.1, -0.05) is 41.9 Å². The number of carbonyl (C=O) groups is 2. The Bertz CT molecular complexity index is 846. The highest BCUT2D eigenvalue weighted by molar-refractivity contribution is 6.34. The first-order chi connectivity index (χ1) is 13.5. The molecule has 2 amide bonds. The molecular weight excluding hydrogens is 376 g/mol. The molecule has 0 bridgehead atoms. The number of hydrogen-bond acceptors (Lipinski definition) is 3. The van der Waals surface area contributed by atoms with Crippen molar-refractivity contribution in [1.29, 1.82) is 0 Å². The average Bonchev–Trinajstić information content (AvgIpc) is 2.70. The molecule has 1 fully saturated rings. The smallest absolute Gasteiger partial charge is 0.257 e. The number of rotatable bonds is 5. The number of methoxy groups -OCH3 is 1. The maximum Gasteiger partial charge on any atom is 0.257 e. The lowest BCUT2D eigenvalue weighted by Crippen LogP contribution is -2.39. The van der Waals surface area contributed by atoms with Crippen molar-refractivity contribution in [3.8, 4) is 5.75 Å². The lowest BCUT2D eigenvalue weighted by Gasteiger charge is -2.32. The van der Waals surface area contributed by atoms with Crippen LogP contribution in [-0.2, 0) is 11.2 Å². The van der Waals surface area contributed by atoms with Gasteiger partial charge < -0.3 is 15.0 Å². The number of halogens is 1. The summed E-state index contributed by atoms with van der Waals surface area (Å²) in [6.45, 7) is 2.83. The maximum atomic E-state index is 13.0. The molecule has 1 saturated heterocycles. The molecule has 2 aromatic carbocycles. The zero-order valence-corrected chi connectivity index (χ0v) is 17.0. The molecule has 0 atom stereocenters. The minimum absolute atomic E-state index is 0.0914. The lowest BCUT2D eigenvalue weighted by molar-refractivity contribution is -0.114. The predicted molar refractivity (Wildman–Crippen MR) is 111 cm³/mol. The first-order valence-electron chi connectivity index (χ1n) is 9.46. The monoisotopic (exact) mass is 400 g/mol. The van der Waals surface area contributed by atoms with E-state index in [0.717, 1.165) is 19.3 Å². The van der Waals surface area contributed by atoms with Crippen molar-refractivity contribution in [1.82, 2.24) is 4.90 Å². The van der Waals surface area contributed by atoms with Gasteiger partial charge in [0, 0.05) is 26.1 Å². The number of nitrogens with zero attached hydrogens (tertiary/aromatic N) is 1. The Balaban J connectivity index is 1.67. The van der Waals surface area contributed by atoms with Gasteiger partial charge in [-0.3, -0.25) is 9.59 Å². The molecule has 2 aromatic rings. The van der Waals surface area contributed by atoms with Gasteiger partial charge in [0.2, 0.25) is 5.91 Å². The van der Waals surface area contributed by atoms with Crippen LogP contribution < -0.4 is 10.1 Å². The minimum Gasteiger partial charge on any atom is -0.496 e. The summed E-state index contributed by atoms with van der Waals surface area (Å²) in [6.07, 6.45) is 2.99. The van der Waals surface area contributed by atoms with Crippen LogP contribution in [0.2, 0.25) is 5.02 Å². The van der Waals surface area contributed by atoms with Crippen LogP contribution in [-0.4, -0.2) is 36.9 Å². The molecule has 3 rings (SSSR count).